The van der Waals surface area contributed by atoms with E-state index < -0.39 is 0 Å². The average Bonchev–Trinajstić information content (AvgIpc) is 2.77. The van der Waals surface area contributed by atoms with Gasteiger partial charge in [-0.25, -0.2) is 0 Å². The summed E-state index contributed by atoms with van der Waals surface area (Å²) in [6.45, 7) is 4.59. The molecule has 0 aromatic carbocycles. The SMILES string of the molecule is CC1(CCCC2CCCO2)CCCN1. The van der Waals surface area contributed by atoms with E-state index >= 15 is 0 Å². The molecule has 2 aliphatic rings. The first kappa shape index (κ1) is 10.4. The van der Waals surface area contributed by atoms with Gasteiger partial charge in [-0.05, 0) is 58.4 Å². The summed E-state index contributed by atoms with van der Waals surface area (Å²) < 4.78 is 5.63. The summed E-state index contributed by atoms with van der Waals surface area (Å²) >= 11 is 0. The molecule has 2 nitrogen and oxygen atoms in total. The Morgan fingerprint density at radius 3 is 3.00 bits per heavy atom. The maximum absolute atomic E-state index is 5.63. The lowest BCUT2D eigenvalue weighted by Crippen LogP contribution is -2.36. The van der Waals surface area contributed by atoms with Crippen LogP contribution >= 0.6 is 0 Å². The van der Waals surface area contributed by atoms with Crippen LogP contribution in [0.2, 0.25) is 0 Å². The lowest BCUT2D eigenvalue weighted by molar-refractivity contribution is 0.0999. The average molecular weight is 197 g/mol. The summed E-state index contributed by atoms with van der Waals surface area (Å²) in [7, 11) is 0. The lowest BCUT2D eigenvalue weighted by Gasteiger charge is -2.24. The molecular formula is C12H23NO. The van der Waals surface area contributed by atoms with Gasteiger partial charge in [0.2, 0.25) is 0 Å². The predicted octanol–water partition coefficient (Wildman–Crippen LogP) is 2.48. The molecule has 0 aromatic rings. The van der Waals surface area contributed by atoms with Crippen LogP contribution in [-0.2, 0) is 4.74 Å². The Morgan fingerprint density at radius 1 is 1.43 bits per heavy atom. The monoisotopic (exact) mass is 197 g/mol. The zero-order valence-electron chi connectivity index (χ0n) is 9.35. The van der Waals surface area contributed by atoms with Gasteiger partial charge in [-0.3, -0.25) is 0 Å². The van der Waals surface area contributed by atoms with Crippen molar-refractivity contribution in [2.45, 2.75) is 63.5 Å². The number of hydrogen-bond donors (Lipinski definition) is 1. The van der Waals surface area contributed by atoms with Crippen molar-refractivity contribution in [3.8, 4) is 0 Å². The Kier molecular flexibility index (Phi) is 3.45. The van der Waals surface area contributed by atoms with Gasteiger partial charge in [0.1, 0.15) is 0 Å². The molecule has 2 heterocycles. The van der Waals surface area contributed by atoms with Crippen molar-refractivity contribution in [2.24, 2.45) is 0 Å². The van der Waals surface area contributed by atoms with Gasteiger partial charge < -0.3 is 10.1 Å². The summed E-state index contributed by atoms with van der Waals surface area (Å²) in [5, 5.41) is 3.62. The largest absolute Gasteiger partial charge is 0.378 e. The Bertz CT molecular complexity index is 169. The fourth-order valence-electron chi connectivity index (χ4n) is 2.76. The first-order chi connectivity index (χ1) is 6.79. The highest BCUT2D eigenvalue weighted by atomic mass is 16.5. The highest BCUT2D eigenvalue weighted by Crippen LogP contribution is 2.26. The quantitative estimate of drug-likeness (QED) is 0.747. The molecule has 2 fully saturated rings. The summed E-state index contributed by atoms with van der Waals surface area (Å²) in [5.74, 6) is 0. The minimum Gasteiger partial charge on any atom is -0.378 e. The summed E-state index contributed by atoms with van der Waals surface area (Å²) in [4.78, 5) is 0. The molecule has 2 rings (SSSR count). The standard InChI is InChI=1S/C12H23NO/c1-12(8-4-9-13-12)7-2-5-11-6-3-10-14-11/h11,13H,2-10H2,1H3. The van der Waals surface area contributed by atoms with Gasteiger partial charge in [-0.2, -0.15) is 0 Å². The minimum atomic E-state index is 0.443. The van der Waals surface area contributed by atoms with Gasteiger partial charge >= 0.3 is 0 Å². The zero-order valence-corrected chi connectivity index (χ0v) is 9.35. The predicted molar refractivity (Wildman–Crippen MR) is 58.5 cm³/mol. The maximum Gasteiger partial charge on any atom is 0.0576 e. The number of rotatable bonds is 4. The van der Waals surface area contributed by atoms with Crippen LogP contribution in [0.25, 0.3) is 0 Å². The fraction of sp³-hybridized carbons (Fsp3) is 1.00. The molecule has 0 spiro atoms. The van der Waals surface area contributed by atoms with Crippen molar-refractivity contribution < 1.29 is 4.74 Å². The molecule has 0 aliphatic carbocycles. The van der Waals surface area contributed by atoms with E-state index in [0.717, 1.165) is 6.61 Å². The molecule has 2 aliphatic heterocycles. The van der Waals surface area contributed by atoms with Crippen molar-refractivity contribution in [3.63, 3.8) is 0 Å². The number of ether oxygens (including phenoxy) is 1. The molecule has 2 unspecified atom stereocenters. The summed E-state index contributed by atoms with van der Waals surface area (Å²) in [6.07, 6.45) is 9.80. The van der Waals surface area contributed by atoms with Gasteiger partial charge in [0, 0.05) is 12.1 Å². The lowest BCUT2D eigenvalue weighted by atomic mass is 9.92. The molecule has 0 aromatic heterocycles. The van der Waals surface area contributed by atoms with Crippen LogP contribution in [0.15, 0.2) is 0 Å². The molecule has 0 amide bonds. The minimum absolute atomic E-state index is 0.443. The topological polar surface area (TPSA) is 21.3 Å². The molecule has 82 valence electrons. The van der Waals surface area contributed by atoms with E-state index in [1.165, 1.54) is 51.5 Å². The maximum atomic E-state index is 5.63. The van der Waals surface area contributed by atoms with Gasteiger partial charge in [0.25, 0.3) is 0 Å². The Hall–Kier alpha value is -0.0800. The first-order valence-electron chi connectivity index (χ1n) is 6.15. The summed E-state index contributed by atoms with van der Waals surface area (Å²) in [6, 6.07) is 0. The highest BCUT2D eigenvalue weighted by Gasteiger charge is 2.27. The van der Waals surface area contributed by atoms with Crippen molar-refractivity contribution in [2.75, 3.05) is 13.2 Å². The van der Waals surface area contributed by atoms with E-state index in [0.29, 0.717) is 11.6 Å². The van der Waals surface area contributed by atoms with Crippen LogP contribution in [0.4, 0.5) is 0 Å². The molecule has 14 heavy (non-hydrogen) atoms. The van der Waals surface area contributed by atoms with E-state index in [4.69, 9.17) is 4.74 Å². The van der Waals surface area contributed by atoms with E-state index in [2.05, 4.69) is 12.2 Å². The van der Waals surface area contributed by atoms with Crippen molar-refractivity contribution in [1.29, 1.82) is 0 Å². The fourth-order valence-corrected chi connectivity index (χ4v) is 2.76. The molecule has 0 saturated carbocycles. The van der Waals surface area contributed by atoms with Gasteiger partial charge in [0.15, 0.2) is 0 Å². The second-order valence-electron chi connectivity index (χ2n) is 5.12. The third-order valence-electron chi connectivity index (χ3n) is 3.74. The Morgan fingerprint density at radius 2 is 2.36 bits per heavy atom. The number of hydrogen-bond acceptors (Lipinski definition) is 2. The molecular weight excluding hydrogens is 174 g/mol. The Balaban J connectivity index is 1.61. The first-order valence-corrected chi connectivity index (χ1v) is 6.15. The molecule has 2 saturated heterocycles. The smallest absolute Gasteiger partial charge is 0.0576 e. The normalized spacial score (nSPS) is 37.9. The number of nitrogens with one attached hydrogen (secondary N) is 1. The third kappa shape index (κ3) is 2.71. The highest BCUT2D eigenvalue weighted by molar-refractivity contribution is 4.88. The van der Waals surface area contributed by atoms with Crippen LogP contribution < -0.4 is 5.32 Å². The molecule has 0 bridgehead atoms. The van der Waals surface area contributed by atoms with E-state index in [1.807, 2.05) is 0 Å². The second-order valence-corrected chi connectivity index (χ2v) is 5.12. The zero-order chi connectivity index (χ0) is 9.86. The summed E-state index contributed by atoms with van der Waals surface area (Å²) in [5.41, 5.74) is 0.443. The third-order valence-corrected chi connectivity index (χ3v) is 3.74. The Labute approximate surface area is 87.4 Å². The molecule has 2 atom stereocenters. The van der Waals surface area contributed by atoms with Crippen LogP contribution in [0.3, 0.4) is 0 Å². The van der Waals surface area contributed by atoms with Crippen LogP contribution in [0.1, 0.15) is 51.9 Å². The van der Waals surface area contributed by atoms with Gasteiger partial charge in [0.05, 0.1) is 6.10 Å². The van der Waals surface area contributed by atoms with E-state index in [9.17, 15) is 0 Å². The molecule has 1 N–H and O–H groups in total. The van der Waals surface area contributed by atoms with Crippen LogP contribution in [0, 0.1) is 0 Å². The van der Waals surface area contributed by atoms with E-state index in [1.54, 1.807) is 0 Å². The van der Waals surface area contributed by atoms with Crippen molar-refractivity contribution in [1.82, 2.24) is 5.32 Å². The van der Waals surface area contributed by atoms with Crippen molar-refractivity contribution in [3.05, 3.63) is 0 Å². The van der Waals surface area contributed by atoms with E-state index in [-0.39, 0.29) is 0 Å². The second kappa shape index (κ2) is 4.63. The molecule has 2 heteroatoms. The van der Waals surface area contributed by atoms with Crippen LogP contribution in [0.5, 0.6) is 0 Å². The van der Waals surface area contributed by atoms with Gasteiger partial charge in [-0.1, -0.05) is 0 Å². The molecule has 0 radical (unpaired) electrons. The van der Waals surface area contributed by atoms with Crippen LogP contribution in [-0.4, -0.2) is 24.8 Å². The van der Waals surface area contributed by atoms with Gasteiger partial charge in [-0.15, -0.1) is 0 Å². The van der Waals surface area contributed by atoms with Crippen molar-refractivity contribution >= 4 is 0 Å².